The van der Waals surface area contributed by atoms with E-state index in [9.17, 15) is 14.3 Å². The van der Waals surface area contributed by atoms with Gasteiger partial charge in [0.05, 0.1) is 12.1 Å². The second-order valence-electron chi connectivity index (χ2n) is 5.21. The van der Waals surface area contributed by atoms with E-state index in [2.05, 4.69) is 5.10 Å². The molecule has 0 amide bonds. The molecule has 1 N–H and O–H groups in total. The molecule has 4 nitrogen and oxygen atoms in total. The second-order valence-corrected chi connectivity index (χ2v) is 5.62. The maximum atomic E-state index is 13.4. The lowest BCUT2D eigenvalue weighted by Crippen LogP contribution is -2.05. The lowest BCUT2D eigenvalue weighted by molar-refractivity contribution is 0.0691. The van der Waals surface area contributed by atoms with Crippen LogP contribution in [0.5, 0.6) is 0 Å². The average molecular weight is 333 g/mol. The standard InChI is InChI=1S/C17H14ClFN2O2/c1-2-10-4-3-5-14-15(10)16(17(22)23)20-21(14)9-11-8-12(19)6-7-13(11)18/h3-8H,2,9H2,1H3,(H,22,23). The third kappa shape index (κ3) is 2.80. The largest absolute Gasteiger partial charge is 0.476 e. The van der Waals surface area contributed by atoms with Crippen molar-refractivity contribution in [3.63, 3.8) is 0 Å². The number of carboxylic acids is 1. The van der Waals surface area contributed by atoms with Crippen LogP contribution in [-0.4, -0.2) is 20.9 Å². The van der Waals surface area contributed by atoms with Crippen LogP contribution in [0.15, 0.2) is 36.4 Å². The van der Waals surface area contributed by atoms with Crippen LogP contribution in [0, 0.1) is 5.82 Å². The number of hydrogen-bond donors (Lipinski definition) is 1. The number of aromatic carboxylic acids is 1. The summed E-state index contributed by atoms with van der Waals surface area (Å²) in [5.41, 5.74) is 2.17. The molecular weight excluding hydrogens is 319 g/mol. The zero-order valence-corrected chi connectivity index (χ0v) is 13.1. The van der Waals surface area contributed by atoms with Gasteiger partial charge < -0.3 is 5.11 Å². The van der Waals surface area contributed by atoms with Crippen LogP contribution >= 0.6 is 11.6 Å². The van der Waals surface area contributed by atoms with Gasteiger partial charge in [0.1, 0.15) is 5.82 Å². The van der Waals surface area contributed by atoms with Gasteiger partial charge in [0, 0.05) is 10.4 Å². The molecular formula is C17H14ClFN2O2. The zero-order chi connectivity index (χ0) is 16.6. The molecule has 3 rings (SSSR count). The van der Waals surface area contributed by atoms with Gasteiger partial charge in [0.25, 0.3) is 0 Å². The SMILES string of the molecule is CCc1cccc2c1c(C(=O)O)nn2Cc1cc(F)ccc1Cl. The van der Waals surface area contributed by atoms with Gasteiger partial charge in [-0.3, -0.25) is 4.68 Å². The molecule has 0 fully saturated rings. The Kier molecular flexibility index (Phi) is 4.05. The summed E-state index contributed by atoms with van der Waals surface area (Å²) in [6.45, 7) is 2.16. The van der Waals surface area contributed by atoms with Gasteiger partial charge in [-0.1, -0.05) is 30.7 Å². The van der Waals surface area contributed by atoms with Gasteiger partial charge in [-0.25, -0.2) is 9.18 Å². The molecule has 118 valence electrons. The number of halogens is 2. The predicted molar refractivity (Wildman–Crippen MR) is 86.6 cm³/mol. The summed E-state index contributed by atoms with van der Waals surface area (Å²) in [6.07, 6.45) is 0.698. The fourth-order valence-electron chi connectivity index (χ4n) is 2.69. The van der Waals surface area contributed by atoms with E-state index in [1.165, 1.54) is 18.2 Å². The topological polar surface area (TPSA) is 55.1 Å². The van der Waals surface area contributed by atoms with Crippen LogP contribution in [-0.2, 0) is 13.0 Å². The highest BCUT2D eigenvalue weighted by atomic mass is 35.5. The summed E-state index contributed by atoms with van der Waals surface area (Å²) in [4.78, 5) is 11.5. The number of aromatic nitrogens is 2. The highest BCUT2D eigenvalue weighted by Gasteiger charge is 2.19. The minimum atomic E-state index is -1.08. The van der Waals surface area contributed by atoms with Crippen molar-refractivity contribution in [3.8, 4) is 0 Å². The number of hydrogen-bond acceptors (Lipinski definition) is 2. The quantitative estimate of drug-likeness (QED) is 0.781. The normalized spacial score (nSPS) is 11.1. The molecule has 2 aromatic carbocycles. The number of nitrogens with zero attached hydrogens (tertiary/aromatic N) is 2. The first kappa shape index (κ1) is 15.5. The first-order valence-corrected chi connectivity index (χ1v) is 7.54. The molecule has 1 aromatic heterocycles. The van der Waals surface area contributed by atoms with E-state index in [0.29, 0.717) is 27.9 Å². The van der Waals surface area contributed by atoms with Gasteiger partial charge in [-0.15, -0.1) is 0 Å². The molecule has 3 aromatic rings. The van der Waals surface area contributed by atoms with Gasteiger partial charge >= 0.3 is 5.97 Å². The number of benzene rings is 2. The smallest absolute Gasteiger partial charge is 0.357 e. The summed E-state index contributed by atoms with van der Waals surface area (Å²) in [5, 5.41) is 14.7. The highest BCUT2D eigenvalue weighted by Crippen LogP contribution is 2.26. The average Bonchev–Trinajstić information content (AvgIpc) is 2.90. The van der Waals surface area contributed by atoms with Gasteiger partial charge in [0.15, 0.2) is 5.69 Å². The number of carboxylic acid groups (broad SMARTS) is 1. The molecule has 0 spiro atoms. The van der Waals surface area contributed by atoms with E-state index < -0.39 is 11.8 Å². The zero-order valence-electron chi connectivity index (χ0n) is 12.4. The van der Waals surface area contributed by atoms with Crippen molar-refractivity contribution in [2.45, 2.75) is 19.9 Å². The summed E-state index contributed by atoms with van der Waals surface area (Å²) in [7, 11) is 0. The van der Waals surface area contributed by atoms with Crippen LogP contribution < -0.4 is 0 Å². The second kappa shape index (κ2) is 6.01. The fourth-order valence-corrected chi connectivity index (χ4v) is 2.87. The van der Waals surface area contributed by atoms with Crippen molar-refractivity contribution in [2.24, 2.45) is 0 Å². The lowest BCUT2D eigenvalue weighted by Gasteiger charge is -2.07. The van der Waals surface area contributed by atoms with Gasteiger partial charge in [-0.2, -0.15) is 5.10 Å². The van der Waals surface area contributed by atoms with Crippen LogP contribution in [0.3, 0.4) is 0 Å². The Balaban J connectivity index is 2.18. The first-order chi connectivity index (χ1) is 11.0. The molecule has 0 saturated carbocycles. The molecule has 0 radical (unpaired) electrons. The third-order valence-electron chi connectivity index (χ3n) is 3.78. The van der Waals surface area contributed by atoms with E-state index >= 15 is 0 Å². The minimum absolute atomic E-state index is 0.00461. The third-order valence-corrected chi connectivity index (χ3v) is 4.14. The van der Waals surface area contributed by atoms with Crippen molar-refractivity contribution in [3.05, 3.63) is 64.1 Å². The van der Waals surface area contributed by atoms with E-state index in [4.69, 9.17) is 11.6 Å². The molecule has 6 heteroatoms. The number of aryl methyl sites for hydroxylation is 1. The summed E-state index contributed by atoms with van der Waals surface area (Å²) < 4.78 is 15.0. The molecule has 0 aliphatic carbocycles. The summed E-state index contributed by atoms with van der Waals surface area (Å²) >= 11 is 6.10. The molecule has 1 heterocycles. The van der Waals surface area contributed by atoms with Crippen LogP contribution in [0.25, 0.3) is 10.9 Å². The number of carbonyl (C=O) groups is 1. The van der Waals surface area contributed by atoms with Crippen molar-refractivity contribution >= 4 is 28.5 Å². The molecule has 0 aliphatic rings. The first-order valence-electron chi connectivity index (χ1n) is 7.17. The predicted octanol–water partition coefficient (Wildman–Crippen LogP) is 4.14. The maximum absolute atomic E-state index is 13.4. The monoisotopic (exact) mass is 332 g/mol. The molecule has 0 atom stereocenters. The Morgan fingerprint density at radius 2 is 2.09 bits per heavy atom. The fraction of sp³-hybridized carbons (Fsp3) is 0.176. The number of rotatable bonds is 4. The lowest BCUT2D eigenvalue weighted by atomic mass is 10.1. The molecule has 0 saturated heterocycles. The van der Waals surface area contributed by atoms with Crippen molar-refractivity contribution in [2.75, 3.05) is 0 Å². The van der Waals surface area contributed by atoms with Crippen molar-refractivity contribution < 1.29 is 14.3 Å². The Labute approximate surface area is 137 Å². The van der Waals surface area contributed by atoms with E-state index in [1.54, 1.807) is 10.7 Å². The van der Waals surface area contributed by atoms with Crippen LogP contribution in [0.2, 0.25) is 5.02 Å². The summed E-state index contributed by atoms with van der Waals surface area (Å²) in [6, 6.07) is 9.65. The molecule has 0 aliphatic heterocycles. The highest BCUT2D eigenvalue weighted by molar-refractivity contribution is 6.31. The summed E-state index contributed by atoms with van der Waals surface area (Å²) in [5.74, 6) is -1.48. The van der Waals surface area contributed by atoms with Gasteiger partial charge in [0.2, 0.25) is 0 Å². The number of fused-ring (bicyclic) bond motifs is 1. The Morgan fingerprint density at radius 1 is 1.30 bits per heavy atom. The van der Waals surface area contributed by atoms with Crippen LogP contribution in [0.4, 0.5) is 4.39 Å². The maximum Gasteiger partial charge on any atom is 0.357 e. The molecule has 23 heavy (non-hydrogen) atoms. The molecule has 0 unspecified atom stereocenters. The molecule has 0 bridgehead atoms. The van der Waals surface area contributed by atoms with Crippen LogP contribution in [0.1, 0.15) is 28.5 Å². The van der Waals surface area contributed by atoms with E-state index in [-0.39, 0.29) is 12.2 Å². The van der Waals surface area contributed by atoms with E-state index in [1.807, 2.05) is 19.1 Å². The Hall–Kier alpha value is -2.40. The van der Waals surface area contributed by atoms with Gasteiger partial charge in [-0.05, 0) is 41.8 Å². The van der Waals surface area contributed by atoms with Crippen molar-refractivity contribution in [1.29, 1.82) is 0 Å². The van der Waals surface area contributed by atoms with Crippen molar-refractivity contribution in [1.82, 2.24) is 9.78 Å². The van der Waals surface area contributed by atoms with E-state index in [0.717, 1.165) is 5.56 Å². The Bertz CT molecular complexity index is 905. The Morgan fingerprint density at radius 3 is 2.78 bits per heavy atom. The minimum Gasteiger partial charge on any atom is -0.476 e.